The van der Waals surface area contributed by atoms with Gasteiger partial charge in [0.25, 0.3) is 0 Å². The minimum atomic E-state index is 0.829. The van der Waals surface area contributed by atoms with E-state index in [9.17, 15) is 0 Å². The van der Waals surface area contributed by atoms with E-state index in [4.69, 9.17) is 0 Å². The predicted molar refractivity (Wildman–Crippen MR) is 85.2 cm³/mol. The van der Waals surface area contributed by atoms with Gasteiger partial charge in [0.1, 0.15) is 0 Å². The number of nitrogens with one attached hydrogen (secondary N) is 1. The number of hydrogen-bond acceptors (Lipinski definition) is 5. The first-order valence-corrected chi connectivity index (χ1v) is 7.84. The fourth-order valence-electron chi connectivity index (χ4n) is 2.14. The van der Waals surface area contributed by atoms with Gasteiger partial charge in [0.2, 0.25) is 0 Å². The van der Waals surface area contributed by atoms with Crippen molar-refractivity contribution in [3.8, 4) is 0 Å². The summed E-state index contributed by atoms with van der Waals surface area (Å²) < 4.78 is 0. The number of rotatable bonds is 7. The number of anilines is 1. The van der Waals surface area contributed by atoms with E-state index < -0.39 is 0 Å². The van der Waals surface area contributed by atoms with Crippen LogP contribution in [-0.2, 0) is 13.1 Å². The van der Waals surface area contributed by atoms with Crippen molar-refractivity contribution in [2.45, 2.75) is 33.4 Å². The van der Waals surface area contributed by atoms with Crippen LogP contribution in [0.25, 0.3) is 0 Å². The molecule has 0 aliphatic rings. The monoisotopic (exact) mass is 290 g/mol. The quantitative estimate of drug-likeness (QED) is 0.796. The zero-order valence-electron chi connectivity index (χ0n) is 12.4. The van der Waals surface area contributed by atoms with E-state index in [1.165, 1.54) is 11.3 Å². The van der Waals surface area contributed by atoms with Crippen LogP contribution in [0.1, 0.15) is 29.6 Å². The zero-order chi connectivity index (χ0) is 14.4. The first-order valence-electron chi connectivity index (χ1n) is 6.96. The van der Waals surface area contributed by atoms with Gasteiger partial charge in [-0.1, -0.05) is 6.92 Å². The Morgan fingerprint density at radius 2 is 2.25 bits per heavy atom. The molecule has 1 N–H and O–H groups in total. The molecule has 0 fully saturated rings. The van der Waals surface area contributed by atoms with Crippen molar-refractivity contribution in [3.05, 3.63) is 40.1 Å². The van der Waals surface area contributed by atoms with Crippen molar-refractivity contribution >= 4 is 17.0 Å². The second kappa shape index (κ2) is 7.36. The normalized spacial score (nSPS) is 10.8. The lowest BCUT2D eigenvalue weighted by Crippen LogP contribution is -2.21. The van der Waals surface area contributed by atoms with Gasteiger partial charge in [-0.3, -0.25) is 4.98 Å². The molecule has 0 atom stereocenters. The van der Waals surface area contributed by atoms with E-state index in [-0.39, 0.29) is 0 Å². The van der Waals surface area contributed by atoms with Gasteiger partial charge in [-0.15, -0.1) is 11.3 Å². The summed E-state index contributed by atoms with van der Waals surface area (Å²) in [6.45, 7) is 6.93. The molecular formula is C15H22N4S. The fraction of sp³-hybridized carbons (Fsp3) is 0.467. The van der Waals surface area contributed by atoms with E-state index in [2.05, 4.69) is 45.6 Å². The molecule has 20 heavy (non-hydrogen) atoms. The van der Waals surface area contributed by atoms with Crippen molar-refractivity contribution in [2.24, 2.45) is 0 Å². The van der Waals surface area contributed by atoms with E-state index in [1.807, 2.05) is 19.3 Å². The molecule has 0 bridgehead atoms. The van der Waals surface area contributed by atoms with Crippen LogP contribution < -0.4 is 10.2 Å². The van der Waals surface area contributed by atoms with Gasteiger partial charge in [0.05, 0.1) is 17.2 Å². The highest BCUT2D eigenvalue weighted by molar-refractivity contribution is 7.09. The molecule has 0 aromatic carbocycles. The molecule has 2 aromatic heterocycles. The smallest absolute Gasteiger partial charge is 0.0898 e. The second-order valence-electron chi connectivity index (χ2n) is 4.90. The second-order valence-corrected chi connectivity index (χ2v) is 5.96. The Hall–Kier alpha value is -1.46. The molecule has 5 heteroatoms. The van der Waals surface area contributed by atoms with Gasteiger partial charge in [0.15, 0.2) is 0 Å². The highest BCUT2D eigenvalue weighted by atomic mass is 32.1. The summed E-state index contributed by atoms with van der Waals surface area (Å²) >= 11 is 1.70. The topological polar surface area (TPSA) is 41.1 Å². The van der Waals surface area contributed by atoms with Crippen LogP contribution in [0.15, 0.2) is 23.8 Å². The Balaban J connectivity index is 2.06. The molecule has 0 amide bonds. The highest BCUT2D eigenvalue weighted by Crippen LogP contribution is 2.20. The molecule has 0 aliphatic heterocycles. The van der Waals surface area contributed by atoms with Crippen molar-refractivity contribution in [2.75, 3.05) is 18.5 Å². The van der Waals surface area contributed by atoms with Gasteiger partial charge >= 0.3 is 0 Å². The number of aromatic nitrogens is 2. The van der Waals surface area contributed by atoms with Crippen molar-refractivity contribution in [1.29, 1.82) is 0 Å². The third-order valence-corrected chi connectivity index (χ3v) is 3.92. The molecule has 4 nitrogen and oxygen atoms in total. The lowest BCUT2D eigenvalue weighted by Gasteiger charge is -2.21. The fourth-order valence-corrected chi connectivity index (χ4v) is 2.74. The van der Waals surface area contributed by atoms with Crippen LogP contribution in [0, 0.1) is 6.92 Å². The van der Waals surface area contributed by atoms with Crippen LogP contribution in [0.5, 0.6) is 0 Å². The van der Waals surface area contributed by atoms with E-state index in [0.29, 0.717) is 0 Å². The number of aryl methyl sites for hydroxylation is 1. The molecule has 0 saturated heterocycles. The SMILES string of the molecule is CCCNCc1cnccc1N(C)Cc1csc(C)n1. The summed E-state index contributed by atoms with van der Waals surface area (Å²) in [7, 11) is 2.10. The van der Waals surface area contributed by atoms with Crippen LogP contribution in [0.2, 0.25) is 0 Å². The molecule has 0 saturated carbocycles. The Kier molecular flexibility index (Phi) is 5.49. The van der Waals surface area contributed by atoms with Crippen molar-refractivity contribution < 1.29 is 0 Å². The van der Waals surface area contributed by atoms with Crippen LogP contribution in [0.4, 0.5) is 5.69 Å². The van der Waals surface area contributed by atoms with Gasteiger partial charge in [-0.2, -0.15) is 0 Å². The minimum absolute atomic E-state index is 0.829. The molecular weight excluding hydrogens is 268 g/mol. The largest absolute Gasteiger partial charge is 0.368 e. The first-order chi connectivity index (χ1) is 9.70. The maximum atomic E-state index is 4.53. The standard InChI is InChI=1S/C15H22N4S/c1-4-6-16-8-13-9-17-7-5-15(13)19(3)10-14-11-20-12(2)18-14/h5,7,9,11,16H,4,6,8,10H2,1-3H3. The molecule has 108 valence electrons. The summed E-state index contributed by atoms with van der Waals surface area (Å²) in [6.07, 6.45) is 4.94. The molecule has 0 spiro atoms. The van der Waals surface area contributed by atoms with Crippen LogP contribution >= 0.6 is 11.3 Å². The minimum Gasteiger partial charge on any atom is -0.368 e. The van der Waals surface area contributed by atoms with E-state index >= 15 is 0 Å². The molecule has 2 heterocycles. The average Bonchev–Trinajstić information content (AvgIpc) is 2.85. The Labute approximate surface area is 124 Å². The van der Waals surface area contributed by atoms with Gasteiger partial charge in [0, 0.05) is 42.6 Å². The summed E-state index contributed by atoms with van der Waals surface area (Å²) in [4.78, 5) is 11.0. The predicted octanol–water partition coefficient (Wildman–Crippen LogP) is 2.98. The molecule has 0 unspecified atom stereocenters. The van der Waals surface area contributed by atoms with E-state index in [1.54, 1.807) is 11.3 Å². The summed E-state index contributed by atoms with van der Waals surface area (Å²) in [5, 5.41) is 6.68. The number of nitrogens with zero attached hydrogens (tertiary/aromatic N) is 3. The highest BCUT2D eigenvalue weighted by Gasteiger charge is 2.09. The summed E-state index contributed by atoms with van der Waals surface area (Å²) in [5.41, 5.74) is 3.57. The lowest BCUT2D eigenvalue weighted by atomic mass is 10.2. The first kappa shape index (κ1) is 14.9. The Bertz CT molecular complexity index is 538. The third kappa shape index (κ3) is 4.02. The van der Waals surface area contributed by atoms with E-state index in [0.717, 1.165) is 36.8 Å². The zero-order valence-corrected chi connectivity index (χ0v) is 13.2. The number of pyridine rings is 1. The molecule has 0 aliphatic carbocycles. The van der Waals surface area contributed by atoms with Crippen molar-refractivity contribution in [3.63, 3.8) is 0 Å². The van der Waals surface area contributed by atoms with Gasteiger partial charge in [-0.05, 0) is 26.0 Å². The molecule has 2 aromatic rings. The van der Waals surface area contributed by atoms with Crippen LogP contribution in [0.3, 0.4) is 0 Å². The number of thiazole rings is 1. The Morgan fingerprint density at radius 1 is 1.40 bits per heavy atom. The van der Waals surface area contributed by atoms with Gasteiger partial charge < -0.3 is 10.2 Å². The lowest BCUT2D eigenvalue weighted by molar-refractivity contribution is 0.672. The number of hydrogen-bond donors (Lipinski definition) is 1. The Morgan fingerprint density at radius 3 is 2.95 bits per heavy atom. The maximum absolute atomic E-state index is 4.53. The molecule has 2 rings (SSSR count). The average molecular weight is 290 g/mol. The summed E-state index contributed by atoms with van der Waals surface area (Å²) in [5.74, 6) is 0. The van der Waals surface area contributed by atoms with Crippen LogP contribution in [-0.4, -0.2) is 23.6 Å². The van der Waals surface area contributed by atoms with Gasteiger partial charge in [-0.25, -0.2) is 4.98 Å². The van der Waals surface area contributed by atoms with Crippen molar-refractivity contribution in [1.82, 2.24) is 15.3 Å². The third-order valence-electron chi connectivity index (χ3n) is 3.10. The molecule has 0 radical (unpaired) electrons. The summed E-state index contributed by atoms with van der Waals surface area (Å²) in [6, 6.07) is 2.07. The maximum Gasteiger partial charge on any atom is 0.0898 e.